The zero-order valence-electron chi connectivity index (χ0n) is 22.0. The fourth-order valence-corrected chi connectivity index (χ4v) is 4.96. The van der Waals surface area contributed by atoms with Crippen LogP contribution < -0.4 is 5.56 Å². The van der Waals surface area contributed by atoms with Gasteiger partial charge in [-0.25, -0.2) is 9.37 Å². The van der Waals surface area contributed by atoms with E-state index in [0.29, 0.717) is 38.9 Å². The Balaban J connectivity index is 1.39. The van der Waals surface area contributed by atoms with Gasteiger partial charge in [0.1, 0.15) is 18.0 Å². The van der Waals surface area contributed by atoms with Crippen LogP contribution in [0.25, 0.3) is 28.1 Å². The maximum atomic E-state index is 13.6. The highest BCUT2D eigenvalue weighted by Crippen LogP contribution is 2.32. The first kappa shape index (κ1) is 28.0. The second-order valence-electron chi connectivity index (χ2n) is 9.68. The Kier molecular flexibility index (Phi) is 7.36. The number of alkyl halides is 3. The van der Waals surface area contributed by atoms with E-state index >= 15 is 0 Å². The van der Waals surface area contributed by atoms with E-state index in [1.165, 1.54) is 52.1 Å². The lowest BCUT2D eigenvalue weighted by molar-refractivity contribution is -0.137. The van der Waals surface area contributed by atoms with Crippen molar-refractivity contribution >= 4 is 11.6 Å². The highest BCUT2D eigenvalue weighted by atomic mass is 35.5. The van der Waals surface area contributed by atoms with E-state index in [9.17, 15) is 22.4 Å². The third-order valence-corrected chi connectivity index (χ3v) is 7.16. The molecule has 3 aromatic carbocycles. The van der Waals surface area contributed by atoms with Crippen LogP contribution in [-0.2, 0) is 12.6 Å². The van der Waals surface area contributed by atoms with Crippen LogP contribution in [0.5, 0.6) is 0 Å². The molecule has 0 fully saturated rings. The smallest absolute Gasteiger partial charge is 0.340 e. The van der Waals surface area contributed by atoms with Gasteiger partial charge in [0, 0.05) is 29.3 Å². The molecular weight excluding hydrogens is 586 g/mol. The van der Waals surface area contributed by atoms with E-state index in [0.717, 1.165) is 17.7 Å². The summed E-state index contributed by atoms with van der Waals surface area (Å²) in [7, 11) is 0. The zero-order chi connectivity index (χ0) is 30.1. The van der Waals surface area contributed by atoms with Crippen LogP contribution >= 0.6 is 11.6 Å². The number of benzene rings is 3. The Hall–Kier alpha value is -5.10. The highest BCUT2D eigenvalue weighted by molar-refractivity contribution is 6.31. The van der Waals surface area contributed by atoms with Gasteiger partial charge in [0.05, 0.1) is 29.2 Å². The second kappa shape index (κ2) is 11.3. The number of nitrogens with one attached hydrogen (secondary N) is 1. The number of aromatic amines is 1. The van der Waals surface area contributed by atoms with Crippen molar-refractivity contribution in [3.8, 4) is 28.1 Å². The number of imidazole rings is 1. The summed E-state index contributed by atoms with van der Waals surface area (Å²) in [6, 6.07) is 18.3. The summed E-state index contributed by atoms with van der Waals surface area (Å²) in [5.41, 5.74) is 2.39. The van der Waals surface area contributed by atoms with Crippen molar-refractivity contribution in [3.63, 3.8) is 0 Å². The van der Waals surface area contributed by atoms with Gasteiger partial charge in [-0.1, -0.05) is 35.9 Å². The molecule has 0 aliphatic rings. The predicted octanol–water partition coefficient (Wildman–Crippen LogP) is 6.52. The molecule has 0 saturated carbocycles. The summed E-state index contributed by atoms with van der Waals surface area (Å²) >= 11 is 6.28. The fourth-order valence-electron chi connectivity index (χ4n) is 4.79. The van der Waals surface area contributed by atoms with Gasteiger partial charge in [0.25, 0.3) is 5.56 Å². The van der Waals surface area contributed by atoms with Gasteiger partial charge in [-0.2, -0.15) is 17.9 Å². The number of rotatable bonds is 7. The Labute approximate surface area is 246 Å². The van der Waals surface area contributed by atoms with Crippen LogP contribution in [0.3, 0.4) is 0 Å². The number of aromatic nitrogens is 7. The molecule has 3 aromatic heterocycles. The van der Waals surface area contributed by atoms with Crippen molar-refractivity contribution in [1.29, 1.82) is 0 Å². The van der Waals surface area contributed by atoms with E-state index in [-0.39, 0.29) is 12.0 Å². The highest BCUT2D eigenvalue weighted by Gasteiger charge is 2.30. The largest absolute Gasteiger partial charge is 0.416 e. The topological polar surface area (TPSA) is 94.3 Å². The van der Waals surface area contributed by atoms with Gasteiger partial charge >= 0.3 is 6.18 Å². The number of halogens is 5. The SMILES string of the molecule is O=c1cc(-c2cc(Cl)ccc2-n2cnnn2)ccn1C(Cc1ccc(F)cc1)c1ncc(-c2ccc(C(F)(F)F)cc2)[nH]1. The number of nitrogens with zero attached hydrogens (tertiary/aromatic N) is 6. The lowest BCUT2D eigenvalue weighted by atomic mass is 10.0. The first-order valence-electron chi connectivity index (χ1n) is 12.9. The number of H-pyrrole nitrogens is 1. The molecule has 3 heterocycles. The first-order valence-corrected chi connectivity index (χ1v) is 13.3. The van der Waals surface area contributed by atoms with Crippen molar-refractivity contribution in [2.75, 3.05) is 0 Å². The van der Waals surface area contributed by atoms with Crippen LogP contribution in [0.2, 0.25) is 5.02 Å². The quantitative estimate of drug-likeness (QED) is 0.209. The van der Waals surface area contributed by atoms with Gasteiger partial charge in [-0.3, -0.25) is 4.79 Å². The van der Waals surface area contributed by atoms with Crippen molar-refractivity contribution in [2.45, 2.75) is 18.6 Å². The number of pyridine rings is 1. The molecule has 6 rings (SSSR count). The van der Waals surface area contributed by atoms with Crippen molar-refractivity contribution < 1.29 is 17.6 Å². The average Bonchev–Trinajstić information content (AvgIpc) is 3.70. The molecule has 8 nitrogen and oxygen atoms in total. The molecule has 0 radical (unpaired) electrons. The standard InChI is InChI=1S/C30H20ClF4N7O/c31-22-7-10-26(42-17-37-39-40-42)24(15-22)20-11-12-41(28(43)14-20)27(13-18-1-8-23(32)9-2-18)29-36-16-25(38-29)19-3-5-21(6-4-19)30(33,34)35/h1-12,14-17,27H,13H2,(H,36,38). The van der Waals surface area contributed by atoms with Gasteiger partial charge in [-0.05, 0) is 75.6 Å². The monoisotopic (exact) mass is 605 g/mol. The molecule has 0 bridgehead atoms. The Morgan fingerprint density at radius 2 is 1.70 bits per heavy atom. The van der Waals surface area contributed by atoms with Gasteiger partial charge in [0.2, 0.25) is 0 Å². The minimum absolute atomic E-state index is 0.270. The van der Waals surface area contributed by atoms with Gasteiger partial charge < -0.3 is 9.55 Å². The molecule has 0 aliphatic heterocycles. The fraction of sp³-hybridized carbons (Fsp3) is 0.100. The van der Waals surface area contributed by atoms with Crippen LogP contribution in [-0.4, -0.2) is 34.7 Å². The van der Waals surface area contributed by atoms with E-state index in [4.69, 9.17) is 11.6 Å². The Morgan fingerprint density at radius 3 is 2.37 bits per heavy atom. The summed E-state index contributed by atoms with van der Waals surface area (Å²) in [5, 5.41) is 11.8. The Bertz CT molecular complexity index is 1930. The number of hydrogen-bond donors (Lipinski definition) is 1. The second-order valence-corrected chi connectivity index (χ2v) is 10.1. The van der Waals surface area contributed by atoms with Gasteiger partial charge in [-0.15, -0.1) is 5.10 Å². The molecule has 216 valence electrons. The molecule has 0 amide bonds. The van der Waals surface area contributed by atoms with Crippen molar-refractivity contribution in [2.24, 2.45) is 0 Å². The molecule has 1 unspecified atom stereocenters. The minimum atomic E-state index is -4.46. The molecule has 43 heavy (non-hydrogen) atoms. The first-order chi connectivity index (χ1) is 20.7. The van der Waals surface area contributed by atoms with Crippen LogP contribution in [0.4, 0.5) is 17.6 Å². The molecule has 6 aromatic rings. The summed E-state index contributed by atoms with van der Waals surface area (Å²) in [4.78, 5) is 21.3. The molecule has 0 saturated heterocycles. The molecule has 13 heteroatoms. The minimum Gasteiger partial charge on any atom is -0.340 e. The van der Waals surface area contributed by atoms with Crippen LogP contribution in [0, 0.1) is 5.82 Å². The maximum absolute atomic E-state index is 13.6. The van der Waals surface area contributed by atoms with Crippen LogP contribution in [0.15, 0.2) is 102 Å². The predicted molar refractivity (Wildman–Crippen MR) is 151 cm³/mol. The molecule has 0 aliphatic carbocycles. The maximum Gasteiger partial charge on any atom is 0.416 e. The Morgan fingerprint density at radius 1 is 0.930 bits per heavy atom. The normalized spacial score (nSPS) is 12.4. The number of hydrogen-bond acceptors (Lipinski definition) is 5. The van der Waals surface area contributed by atoms with E-state index < -0.39 is 23.6 Å². The van der Waals surface area contributed by atoms with Crippen molar-refractivity contribution in [1.82, 2.24) is 34.7 Å². The van der Waals surface area contributed by atoms with Crippen molar-refractivity contribution in [3.05, 3.63) is 136 Å². The van der Waals surface area contributed by atoms with Crippen LogP contribution in [0.1, 0.15) is 23.0 Å². The summed E-state index contributed by atoms with van der Waals surface area (Å²) in [6.45, 7) is 0. The third-order valence-electron chi connectivity index (χ3n) is 6.93. The lowest BCUT2D eigenvalue weighted by Gasteiger charge is -2.19. The van der Waals surface area contributed by atoms with E-state index in [1.54, 1.807) is 42.6 Å². The third kappa shape index (κ3) is 5.95. The zero-order valence-corrected chi connectivity index (χ0v) is 22.8. The molecule has 0 spiro atoms. The summed E-state index contributed by atoms with van der Waals surface area (Å²) < 4.78 is 55.7. The average molecular weight is 606 g/mol. The molecular formula is C30H20ClF4N7O. The van der Waals surface area contributed by atoms with E-state index in [1.807, 2.05) is 0 Å². The van der Waals surface area contributed by atoms with Gasteiger partial charge in [0.15, 0.2) is 0 Å². The summed E-state index contributed by atoms with van der Waals surface area (Å²) in [5.74, 6) is -0.00414. The lowest BCUT2D eigenvalue weighted by Crippen LogP contribution is -2.27. The summed E-state index contributed by atoms with van der Waals surface area (Å²) in [6.07, 6.45) is 0.365. The van der Waals surface area contributed by atoms with E-state index in [2.05, 4.69) is 25.5 Å². The number of tetrazole rings is 1. The molecule has 1 atom stereocenters. The molecule has 1 N–H and O–H groups in total.